The standard InChI is InChI=1S/C11H14N2/c1-7-5-6-8(2)11-10(7)12-9(3)13(11)4/h5-6H,1-4H3. The molecular formula is C11H14N2. The summed E-state index contributed by atoms with van der Waals surface area (Å²) < 4.78 is 2.15. The van der Waals surface area contributed by atoms with Crippen LogP contribution in [0.5, 0.6) is 0 Å². The van der Waals surface area contributed by atoms with Crippen LogP contribution in [0.4, 0.5) is 0 Å². The average Bonchev–Trinajstić information content (AvgIpc) is 2.38. The Morgan fingerprint density at radius 2 is 1.69 bits per heavy atom. The van der Waals surface area contributed by atoms with Crippen LogP contribution in [0.1, 0.15) is 17.0 Å². The topological polar surface area (TPSA) is 17.8 Å². The Bertz CT molecular complexity index is 466. The van der Waals surface area contributed by atoms with Gasteiger partial charge in [-0.25, -0.2) is 4.98 Å². The minimum absolute atomic E-state index is 1.08. The lowest BCUT2D eigenvalue weighted by atomic mass is 10.1. The zero-order chi connectivity index (χ0) is 9.59. The molecule has 1 aromatic carbocycles. The van der Waals surface area contributed by atoms with E-state index in [1.54, 1.807) is 0 Å². The third kappa shape index (κ3) is 1.05. The van der Waals surface area contributed by atoms with E-state index in [0.717, 1.165) is 11.3 Å². The van der Waals surface area contributed by atoms with E-state index in [1.165, 1.54) is 16.6 Å². The van der Waals surface area contributed by atoms with Crippen LogP contribution in [0.25, 0.3) is 11.0 Å². The van der Waals surface area contributed by atoms with E-state index in [0.29, 0.717) is 0 Å². The second kappa shape index (κ2) is 2.59. The van der Waals surface area contributed by atoms with E-state index < -0.39 is 0 Å². The molecule has 0 unspecified atom stereocenters. The first kappa shape index (κ1) is 8.30. The van der Waals surface area contributed by atoms with Gasteiger partial charge >= 0.3 is 0 Å². The summed E-state index contributed by atoms with van der Waals surface area (Å²) in [7, 11) is 2.07. The highest BCUT2D eigenvalue weighted by atomic mass is 15.1. The van der Waals surface area contributed by atoms with E-state index in [2.05, 4.69) is 42.6 Å². The molecule has 0 aliphatic heterocycles. The number of rotatable bonds is 0. The number of aryl methyl sites for hydroxylation is 4. The maximum atomic E-state index is 4.54. The Labute approximate surface area is 78.2 Å². The van der Waals surface area contributed by atoms with Crippen molar-refractivity contribution in [1.29, 1.82) is 0 Å². The van der Waals surface area contributed by atoms with Crippen LogP contribution in [-0.4, -0.2) is 9.55 Å². The van der Waals surface area contributed by atoms with Gasteiger partial charge in [0, 0.05) is 7.05 Å². The van der Waals surface area contributed by atoms with E-state index >= 15 is 0 Å². The molecule has 0 aliphatic carbocycles. The minimum atomic E-state index is 1.08. The summed E-state index contributed by atoms with van der Waals surface area (Å²) in [6.45, 7) is 6.27. The number of hydrogen-bond acceptors (Lipinski definition) is 1. The van der Waals surface area contributed by atoms with Gasteiger partial charge in [0.2, 0.25) is 0 Å². The SMILES string of the molecule is Cc1ccc(C)c2c1nc(C)n2C. The van der Waals surface area contributed by atoms with E-state index in [4.69, 9.17) is 0 Å². The maximum Gasteiger partial charge on any atom is 0.106 e. The smallest absolute Gasteiger partial charge is 0.106 e. The van der Waals surface area contributed by atoms with Gasteiger partial charge in [0.1, 0.15) is 5.82 Å². The summed E-state index contributed by atoms with van der Waals surface area (Å²) in [5.74, 6) is 1.08. The van der Waals surface area contributed by atoms with Crippen molar-refractivity contribution in [3.63, 3.8) is 0 Å². The summed E-state index contributed by atoms with van der Waals surface area (Å²) in [5.41, 5.74) is 4.95. The second-order valence-electron chi connectivity index (χ2n) is 3.61. The predicted molar refractivity (Wildman–Crippen MR) is 54.9 cm³/mol. The summed E-state index contributed by atoms with van der Waals surface area (Å²) in [6, 6.07) is 4.28. The first-order valence-electron chi connectivity index (χ1n) is 4.50. The number of fused-ring (bicyclic) bond motifs is 1. The zero-order valence-corrected chi connectivity index (χ0v) is 8.55. The molecule has 0 N–H and O–H groups in total. The van der Waals surface area contributed by atoms with Gasteiger partial charge in [0.25, 0.3) is 0 Å². The number of imidazole rings is 1. The molecule has 0 saturated carbocycles. The van der Waals surface area contributed by atoms with Crippen LogP contribution < -0.4 is 0 Å². The first-order chi connectivity index (χ1) is 6.11. The fourth-order valence-electron chi connectivity index (χ4n) is 1.74. The lowest BCUT2D eigenvalue weighted by Crippen LogP contribution is -1.92. The van der Waals surface area contributed by atoms with Gasteiger partial charge in [-0.3, -0.25) is 0 Å². The number of nitrogens with zero attached hydrogens (tertiary/aromatic N) is 2. The third-order valence-corrected chi connectivity index (χ3v) is 2.65. The molecule has 2 aromatic rings. The van der Waals surface area contributed by atoms with Crippen molar-refractivity contribution in [1.82, 2.24) is 9.55 Å². The Kier molecular flexibility index (Phi) is 1.65. The normalized spacial score (nSPS) is 11.1. The zero-order valence-electron chi connectivity index (χ0n) is 8.55. The molecule has 0 saturated heterocycles. The lowest BCUT2D eigenvalue weighted by Gasteiger charge is -2.01. The van der Waals surface area contributed by atoms with E-state index in [9.17, 15) is 0 Å². The highest BCUT2D eigenvalue weighted by molar-refractivity contribution is 5.82. The Hall–Kier alpha value is -1.31. The quantitative estimate of drug-likeness (QED) is 0.600. The molecule has 1 heterocycles. The Balaban J connectivity index is 3.00. The molecule has 2 heteroatoms. The molecule has 0 spiro atoms. The largest absolute Gasteiger partial charge is 0.331 e. The van der Waals surface area contributed by atoms with Crippen LogP contribution in [0.15, 0.2) is 12.1 Å². The summed E-state index contributed by atoms with van der Waals surface area (Å²) in [5, 5.41) is 0. The van der Waals surface area contributed by atoms with Crippen molar-refractivity contribution in [2.75, 3.05) is 0 Å². The maximum absolute atomic E-state index is 4.54. The minimum Gasteiger partial charge on any atom is -0.331 e. The summed E-state index contributed by atoms with van der Waals surface area (Å²) >= 11 is 0. The molecule has 1 aromatic heterocycles. The van der Waals surface area contributed by atoms with Gasteiger partial charge in [-0.15, -0.1) is 0 Å². The lowest BCUT2D eigenvalue weighted by molar-refractivity contribution is 0.883. The number of hydrogen-bond donors (Lipinski definition) is 0. The van der Waals surface area contributed by atoms with Crippen molar-refractivity contribution in [3.8, 4) is 0 Å². The van der Waals surface area contributed by atoms with Crippen LogP contribution in [-0.2, 0) is 7.05 Å². The van der Waals surface area contributed by atoms with Gasteiger partial charge in [0.15, 0.2) is 0 Å². The molecule has 0 radical (unpaired) electrons. The molecule has 0 aliphatic rings. The monoisotopic (exact) mass is 174 g/mol. The fraction of sp³-hybridized carbons (Fsp3) is 0.364. The van der Waals surface area contributed by atoms with E-state index in [1.807, 2.05) is 6.92 Å². The Morgan fingerprint density at radius 3 is 2.31 bits per heavy atom. The van der Waals surface area contributed by atoms with Crippen molar-refractivity contribution in [2.45, 2.75) is 20.8 Å². The van der Waals surface area contributed by atoms with E-state index in [-0.39, 0.29) is 0 Å². The second-order valence-corrected chi connectivity index (χ2v) is 3.61. The summed E-state index contributed by atoms with van der Waals surface area (Å²) in [4.78, 5) is 4.54. The summed E-state index contributed by atoms with van der Waals surface area (Å²) in [6.07, 6.45) is 0. The molecular weight excluding hydrogens is 160 g/mol. The molecule has 2 nitrogen and oxygen atoms in total. The molecule has 0 bridgehead atoms. The molecule has 13 heavy (non-hydrogen) atoms. The molecule has 0 atom stereocenters. The van der Waals surface area contributed by atoms with Crippen LogP contribution in [0.2, 0.25) is 0 Å². The predicted octanol–water partition coefficient (Wildman–Crippen LogP) is 2.50. The van der Waals surface area contributed by atoms with Gasteiger partial charge < -0.3 is 4.57 Å². The van der Waals surface area contributed by atoms with Crippen molar-refractivity contribution in [2.24, 2.45) is 7.05 Å². The van der Waals surface area contributed by atoms with Gasteiger partial charge in [-0.05, 0) is 31.9 Å². The van der Waals surface area contributed by atoms with Crippen molar-refractivity contribution >= 4 is 11.0 Å². The van der Waals surface area contributed by atoms with Crippen LogP contribution >= 0.6 is 0 Å². The van der Waals surface area contributed by atoms with Gasteiger partial charge in [0.05, 0.1) is 11.0 Å². The molecule has 0 fully saturated rings. The molecule has 2 rings (SSSR count). The van der Waals surface area contributed by atoms with Gasteiger partial charge in [-0.1, -0.05) is 12.1 Å². The van der Waals surface area contributed by atoms with Crippen LogP contribution in [0, 0.1) is 20.8 Å². The molecule has 68 valence electrons. The van der Waals surface area contributed by atoms with Crippen molar-refractivity contribution < 1.29 is 0 Å². The average molecular weight is 174 g/mol. The molecule has 0 amide bonds. The van der Waals surface area contributed by atoms with Crippen molar-refractivity contribution in [3.05, 3.63) is 29.1 Å². The van der Waals surface area contributed by atoms with Gasteiger partial charge in [-0.2, -0.15) is 0 Å². The fourth-order valence-corrected chi connectivity index (χ4v) is 1.74. The third-order valence-electron chi connectivity index (χ3n) is 2.65. The van der Waals surface area contributed by atoms with Crippen LogP contribution in [0.3, 0.4) is 0 Å². The highest BCUT2D eigenvalue weighted by Crippen LogP contribution is 2.21. The number of aromatic nitrogens is 2. The number of benzene rings is 1. The highest BCUT2D eigenvalue weighted by Gasteiger charge is 2.07. The Morgan fingerprint density at radius 1 is 1.08 bits per heavy atom. The first-order valence-corrected chi connectivity index (χ1v) is 4.50.